The van der Waals surface area contributed by atoms with Gasteiger partial charge in [-0.15, -0.1) is 0 Å². The summed E-state index contributed by atoms with van der Waals surface area (Å²) in [5.74, 6) is 0.915. The van der Waals surface area contributed by atoms with Crippen LogP contribution in [0.2, 0.25) is 0 Å². The molecule has 0 amide bonds. The Morgan fingerprint density at radius 2 is 1.30 bits per heavy atom. The minimum absolute atomic E-state index is 0.663. The van der Waals surface area contributed by atoms with E-state index < -0.39 is 0 Å². The summed E-state index contributed by atoms with van der Waals surface area (Å²) in [6.07, 6.45) is 8.43. The molecule has 0 atom stereocenters. The maximum absolute atomic E-state index is 5.73. The second-order valence-electron chi connectivity index (χ2n) is 5.40. The molecule has 0 aliphatic heterocycles. The highest BCUT2D eigenvalue weighted by molar-refractivity contribution is 5.60. The van der Waals surface area contributed by atoms with Crippen LogP contribution >= 0.6 is 0 Å². The van der Waals surface area contributed by atoms with Crippen LogP contribution in [0.1, 0.15) is 6.92 Å². The van der Waals surface area contributed by atoms with Crippen molar-refractivity contribution in [2.24, 2.45) is 0 Å². The van der Waals surface area contributed by atoms with Crippen LogP contribution in [-0.4, -0.2) is 6.61 Å². The average molecular weight is 306 g/mol. The van der Waals surface area contributed by atoms with Gasteiger partial charge in [0.05, 0.1) is 0 Å². The number of hydrogen-bond donors (Lipinski definition) is 0. The first kappa shape index (κ1) is 15.2. The molecular formula is C20H22N2O+2. The molecule has 3 heteroatoms. The van der Waals surface area contributed by atoms with Crippen LogP contribution in [0.4, 0.5) is 0 Å². The van der Waals surface area contributed by atoms with Gasteiger partial charge < -0.3 is 4.74 Å². The highest BCUT2D eigenvalue weighted by Crippen LogP contribution is 2.15. The van der Waals surface area contributed by atoms with Gasteiger partial charge in [0.15, 0.2) is 31.3 Å². The average Bonchev–Trinajstić information content (AvgIpc) is 2.63. The van der Waals surface area contributed by atoms with Crippen molar-refractivity contribution in [1.29, 1.82) is 0 Å². The first-order chi connectivity index (χ1) is 11.3. The second kappa shape index (κ2) is 7.54. The Morgan fingerprint density at radius 3 is 1.87 bits per heavy atom. The van der Waals surface area contributed by atoms with E-state index in [4.69, 9.17) is 4.74 Å². The third-order valence-corrected chi connectivity index (χ3v) is 3.84. The highest BCUT2D eigenvalue weighted by Gasteiger charge is 2.05. The molecule has 0 saturated carbocycles. The largest absolute Gasteiger partial charge is 0.487 e. The summed E-state index contributed by atoms with van der Waals surface area (Å²) >= 11 is 0. The van der Waals surface area contributed by atoms with Crippen LogP contribution < -0.4 is 13.9 Å². The molecule has 2 heterocycles. The third kappa shape index (κ3) is 4.16. The monoisotopic (exact) mass is 306 g/mol. The molecule has 0 bridgehead atoms. The van der Waals surface area contributed by atoms with Gasteiger partial charge in [0, 0.05) is 24.3 Å². The fraction of sp³-hybridized carbons (Fsp3) is 0.200. The number of hydrogen-bond acceptors (Lipinski definition) is 1. The molecule has 0 aliphatic rings. The van der Waals surface area contributed by atoms with Crippen molar-refractivity contribution in [2.45, 2.75) is 20.0 Å². The van der Waals surface area contributed by atoms with Crippen molar-refractivity contribution in [1.82, 2.24) is 0 Å². The normalized spacial score (nSPS) is 10.5. The number of pyridine rings is 2. The van der Waals surface area contributed by atoms with Gasteiger partial charge in [0.1, 0.15) is 18.9 Å². The van der Waals surface area contributed by atoms with Crippen LogP contribution in [0, 0.1) is 0 Å². The molecule has 3 rings (SSSR count). The summed E-state index contributed by atoms with van der Waals surface area (Å²) < 4.78 is 10.0. The van der Waals surface area contributed by atoms with E-state index in [-0.39, 0.29) is 0 Å². The maximum atomic E-state index is 5.73. The molecule has 116 valence electrons. The number of ether oxygens (including phenoxy) is 1. The molecular weight excluding hydrogens is 284 g/mol. The van der Waals surface area contributed by atoms with Crippen molar-refractivity contribution >= 4 is 0 Å². The molecule has 0 N–H and O–H groups in total. The van der Waals surface area contributed by atoms with Gasteiger partial charge in [-0.25, -0.2) is 9.13 Å². The van der Waals surface area contributed by atoms with E-state index in [1.54, 1.807) is 0 Å². The lowest BCUT2D eigenvalue weighted by atomic mass is 10.1. The smallest absolute Gasteiger partial charge is 0.182 e. The number of rotatable bonds is 6. The van der Waals surface area contributed by atoms with E-state index in [2.05, 4.69) is 65.1 Å². The van der Waals surface area contributed by atoms with E-state index in [9.17, 15) is 0 Å². The number of benzene rings is 1. The summed E-state index contributed by atoms with van der Waals surface area (Å²) in [5.41, 5.74) is 2.47. The van der Waals surface area contributed by atoms with Gasteiger partial charge in [0.25, 0.3) is 0 Å². The van der Waals surface area contributed by atoms with Gasteiger partial charge in [-0.1, -0.05) is 18.2 Å². The summed E-state index contributed by atoms with van der Waals surface area (Å²) in [5, 5.41) is 0. The Morgan fingerprint density at radius 1 is 0.739 bits per heavy atom. The van der Waals surface area contributed by atoms with Crippen LogP contribution in [0.15, 0.2) is 79.4 Å². The topological polar surface area (TPSA) is 17.0 Å². The lowest BCUT2D eigenvalue weighted by molar-refractivity contribution is -0.697. The van der Waals surface area contributed by atoms with Gasteiger partial charge >= 0.3 is 0 Å². The number of nitrogens with zero attached hydrogens (tertiary/aromatic N) is 2. The molecule has 0 aliphatic carbocycles. The second-order valence-corrected chi connectivity index (χ2v) is 5.40. The van der Waals surface area contributed by atoms with Gasteiger partial charge in [-0.2, -0.15) is 0 Å². The van der Waals surface area contributed by atoms with E-state index >= 15 is 0 Å². The molecule has 0 unspecified atom stereocenters. The van der Waals surface area contributed by atoms with Gasteiger partial charge in [-0.05, 0) is 30.2 Å². The Hall–Kier alpha value is -2.68. The predicted octanol–water partition coefficient (Wildman–Crippen LogP) is 3.03. The standard InChI is InChI=1S/C20H22N2O/c1-2-21-12-8-18(9-13-21)19-10-14-22(15-11-19)16-17-23-20-6-4-3-5-7-20/h3-15H,2,16-17H2,1H3/q+2. The fourth-order valence-corrected chi connectivity index (χ4v) is 2.45. The van der Waals surface area contributed by atoms with Crippen molar-refractivity contribution in [3.63, 3.8) is 0 Å². The SMILES string of the molecule is CC[n+]1ccc(-c2cc[n+](CCOc3ccccc3)cc2)cc1. The quantitative estimate of drug-likeness (QED) is 0.640. The zero-order valence-electron chi connectivity index (χ0n) is 13.4. The lowest BCUT2D eigenvalue weighted by Gasteiger charge is -2.04. The first-order valence-electron chi connectivity index (χ1n) is 8.01. The predicted molar refractivity (Wildman–Crippen MR) is 89.9 cm³/mol. The number of para-hydroxylation sites is 1. The van der Waals surface area contributed by atoms with Crippen LogP contribution in [0.25, 0.3) is 11.1 Å². The molecule has 1 aromatic carbocycles. The molecule has 3 nitrogen and oxygen atoms in total. The van der Waals surface area contributed by atoms with Crippen LogP contribution in [0.5, 0.6) is 5.75 Å². The van der Waals surface area contributed by atoms with Crippen molar-refractivity contribution < 1.29 is 13.9 Å². The highest BCUT2D eigenvalue weighted by atomic mass is 16.5. The summed E-state index contributed by atoms with van der Waals surface area (Å²) in [7, 11) is 0. The van der Waals surface area contributed by atoms with Crippen molar-refractivity contribution in [2.75, 3.05) is 6.61 Å². The van der Waals surface area contributed by atoms with E-state index in [0.717, 1.165) is 18.8 Å². The minimum Gasteiger partial charge on any atom is -0.487 e. The zero-order chi connectivity index (χ0) is 15.9. The Balaban J connectivity index is 1.58. The van der Waals surface area contributed by atoms with Crippen LogP contribution in [0.3, 0.4) is 0 Å². The maximum Gasteiger partial charge on any atom is 0.182 e. The molecule has 2 aromatic heterocycles. The van der Waals surface area contributed by atoms with Gasteiger partial charge in [0.2, 0.25) is 0 Å². The number of aromatic nitrogens is 2. The van der Waals surface area contributed by atoms with E-state index in [1.165, 1.54) is 11.1 Å². The van der Waals surface area contributed by atoms with Crippen LogP contribution in [-0.2, 0) is 13.1 Å². The fourth-order valence-electron chi connectivity index (χ4n) is 2.45. The van der Waals surface area contributed by atoms with Crippen molar-refractivity contribution in [3.8, 4) is 16.9 Å². The van der Waals surface area contributed by atoms with Gasteiger partial charge in [-0.3, -0.25) is 0 Å². The summed E-state index contributed by atoms with van der Waals surface area (Å²) in [6, 6.07) is 18.5. The summed E-state index contributed by atoms with van der Waals surface area (Å²) in [6.45, 7) is 4.63. The third-order valence-electron chi connectivity index (χ3n) is 3.84. The summed E-state index contributed by atoms with van der Waals surface area (Å²) in [4.78, 5) is 0. The minimum atomic E-state index is 0.663. The van der Waals surface area contributed by atoms with Crippen molar-refractivity contribution in [3.05, 3.63) is 79.4 Å². The Kier molecular flexibility index (Phi) is 4.99. The number of aryl methyl sites for hydroxylation is 1. The molecule has 3 aromatic rings. The van der Waals surface area contributed by atoms with E-state index in [0.29, 0.717) is 6.61 Å². The first-order valence-corrected chi connectivity index (χ1v) is 8.01. The molecule has 0 spiro atoms. The Bertz CT molecular complexity index is 722. The zero-order valence-corrected chi connectivity index (χ0v) is 13.4. The Labute approximate surface area is 137 Å². The molecule has 23 heavy (non-hydrogen) atoms. The molecule has 0 saturated heterocycles. The lowest BCUT2D eigenvalue weighted by Crippen LogP contribution is -2.35. The molecule has 0 fully saturated rings. The van der Waals surface area contributed by atoms with E-state index in [1.807, 2.05) is 30.3 Å². The molecule has 0 radical (unpaired) electrons.